The number of hydrogen-bond donors (Lipinski definition) is 1. The maximum Gasteiger partial charge on any atom is 0.0358 e. The molecule has 0 aromatic rings. The Hall–Kier alpha value is -0.980. The first-order valence-corrected chi connectivity index (χ1v) is 6.94. The molecule has 0 spiro atoms. The minimum absolute atomic E-state index is 0.651. The fraction of sp³-hybridized carbons (Fsp3) is 0.625. The van der Waals surface area contributed by atoms with E-state index in [-0.39, 0.29) is 0 Å². The molecule has 0 bridgehead atoms. The fourth-order valence-corrected chi connectivity index (χ4v) is 2.27. The molecule has 0 saturated carbocycles. The third-order valence-electron chi connectivity index (χ3n) is 3.46. The van der Waals surface area contributed by atoms with E-state index in [1.54, 1.807) is 0 Å². The van der Waals surface area contributed by atoms with Crippen molar-refractivity contribution in [2.45, 2.75) is 53.4 Å². The van der Waals surface area contributed by atoms with Crippen molar-refractivity contribution >= 4 is 0 Å². The van der Waals surface area contributed by atoms with E-state index in [0.717, 1.165) is 19.4 Å². The van der Waals surface area contributed by atoms with E-state index in [1.807, 2.05) is 0 Å². The third-order valence-corrected chi connectivity index (χ3v) is 3.46. The van der Waals surface area contributed by atoms with Crippen molar-refractivity contribution in [1.82, 2.24) is 5.32 Å². The Bertz CT molecular complexity index is 320. The van der Waals surface area contributed by atoms with Crippen LogP contribution in [0.3, 0.4) is 0 Å². The lowest BCUT2D eigenvalue weighted by Crippen LogP contribution is -2.23. The van der Waals surface area contributed by atoms with E-state index in [4.69, 9.17) is 0 Å². The first-order valence-electron chi connectivity index (χ1n) is 6.94. The van der Waals surface area contributed by atoms with E-state index < -0.39 is 0 Å². The lowest BCUT2D eigenvalue weighted by atomic mass is 9.95. The molecule has 1 atom stereocenters. The molecule has 1 rings (SSSR count). The molecular formula is C16H27N. The summed E-state index contributed by atoms with van der Waals surface area (Å²) in [5.74, 6) is 0.651. The van der Waals surface area contributed by atoms with Gasteiger partial charge < -0.3 is 5.32 Å². The maximum absolute atomic E-state index is 3.57. The van der Waals surface area contributed by atoms with Crippen LogP contribution in [0.2, 0.25) is 0 Å². The second kappa shape index (κ2) is 7.37. The molecule has 1 unspecified atom stereocenters. The zero-order chi connectivity index (χ0) is 12.7. The Balaban J connectivity index is 2.75. The van der Waals surface area contributed by atoms with Gasteiger partial charge in [-0.25, -0.2) is 0 Å². The van der Waals surface area contributed by atoms with Crippen molar-refractivity contribution in [3.05, 3.63) is 35.1 Å². The summed E-state index contributed by atoms with van der Waals surface area (Å²) in [6, 6.07) is 0. The summed E-state index contributed by atoms with van der Waals surface area (Å²) in [4.78, 5) is 0. The molecule has 0 radical (unpaired) electrons. The molecular weight excluding hydrogens is 206 g/mol. The number of rotatable bonds is 4. The highest BCUT2D eigenvalue weighted by Gasteiger charge is 2.12. The molecule has 0 aromatic carbocycles. The standard InChI is InChI=1S/C16H27N/c1-5-8-13(3)10-11-15-9-7-12-17-16(15)14(4)6-2/h5,8,11,13,17H,6-7,9-10,12H2,1-4H3/b8-5-,15-11+,16-14-. The average molecular weight is 233 g/mol. The van der Waals surface area contributed by atoms with Crippen LogP contribution in [0, 0.1) is 5.92 Å². The molecule has 96 valence electrons. The summed E-state index contributed by atoms with van der Waals surface area (Å²) in [5, 5.41) is 3.57. The van der Waals surface area contributed by atoms with Crippen LogP contribution < -0.4 is 5.32 Å². The van der Waals surface area contributed by atoms with Crippen LogP contribution in [-0.2, 0) is 0 Å². The molecule has 1 heteroatoms. The number of allylic oxidation sites excluding steroid dienone is 5. The molecule has 17 heavy (non-hydrogen) atoms. The Morgan fingerprint density at radius 3 is 2.88 bits per heavy atom. The lowest BCUT2D eigenvalue weighted by molar-refractivity contribution is 0.648. The van der Waals surface area contributed by atoms with Crippen LogP contribution in [0.5, 0.6) is 0 Å². The second-order valence-electron chi connectivity index (χ2n) is 5.01. The van der Waals surface area contributed by atoms with Gasteiger partial charge in [-0.1, -0.05) is 37.6 Å². The number of nitrogens with one attached hydrogen (secondary N) is 1. The highest BCUT2D eigenvalue weighted by atomic mass is 14.9. The fourth-order valence-electron chi connectivity index (χ4n) is 2.27. The van der Waals surface area contributed by atoms with Gasteiger partial charge in [-0.05, 0) is 51.0 Å². The topological polar surface area (TPSA) is 12.0 Å². The van der Waals surface area contributed by atoms with E-state index in [1.165, 1.54) is 29.7 Å². The van der Waals surface area contributed by atoms with Crippen molar-refractivity contribution in [1.29, 1.82) is 0 Å². The molecule has 1 nitrogen and oxygen atoms in total. The molecule has 1 aliphatic rings. The average Bonchev–Trinajstić information content (AvgIpc) is 2.36. The largest absolute Gasteiger partial charge is 0.385 e. The maximum atomic E-state index is 3.57. The Morgan fingerprint density at radius 1 is 1.47 bits per heavy atom. The minimum Gasteiger partial charge on any atom is -0.385 e. The molecule has 1 fully saturated rings. The Kier molecular flexibility index (Phi) is 6.10. The van der Waals surface area contributed by atoms with E-state index in [9.17, 15) is 0 Å². The van der Waals surface area contributed by atoms with Gasteiger partial charge >= 0.3 is 0 Å². The monoisotopic (exact) mass is 233 g/mol. The van der Waals surface area contributed by atoms with Crippen LogP contribution in [0.4, 0.5) is 0 Å². The van der Waals surface area contributed by atoms with Gasteiger partial charge in [0.1, 0.15) is 0 Å². The number of piperidine rings is 1. The molecule has 1 heterocycles. The quantitative estimate of drug-likeness (QED) is 0.701. The van der Waals surface area contributed by atoms with Crippen molar-refractivity contribution in [3.63, 3.8) is 0 Å². The van der Waals surface area contributed by atoms with Crippen molar-refractivity contribution in [2.24, 2.45) is 5.92 Å². The summed E-state index contributed by atoms with van der Waals surface area (Å²) in [7, 11) is 0. The van der Waals surface area contributed by atoms with E-state index in [0.29, 0.717) is 5.92 Å². The Morgan fingerprint density at radius 2 is 2.24 bits per heavy atom. The first kappa shape index (κ1) is 14.1. The summed E-state index contributed by atoms with van der Waals surface area (Å²) < 4.78 is 0. The molecule has 0 aromatic heterocycles. The first-order chi connectivity index (χ1) is 8.19. The van der Waals surface area contributed by atoms with Crippen LogP contribution in [-0.4, -0.2) is 6.54 Å². The zero-order valence-corrected chi connectivity index (χ0v) is 11.8. The van der Waals surface area contributed by atoms with Gasteiger partial charge in [0.05, 0.1) is 0 Å². The zero-order valence-electron chi connectivity index (χ0n) is 11.8. The predicted octanol–water partition coefficient (Wildman–Crippen LogP) is 4.58. The molecule has 1 saturated heterocycles. The van der Waals surface area contributed by atoms with Gasteiger partial charge in [-0.3, -0.25) is 0 Å². The van der Waals surface area contributed by atoms with Crippen LogP contribution in [0.25, 0.3) is 0 Å². The molecule has 1 aliphatic heterocycles. The summed E-state index contributed by atoms with van der Waals surface area (Å²) in [6.45, 7) is 9.99. The SMILES string of the molecule is C/C=C\C(C)C/C=C1\CCCN\C1=C(\C)CC. The van der Waals surface area contributed by atoms with Gasteiger partial charge in [-0.15, -0.1) is 0 Å². The smallest absolute Gasteiger partial charge is 0.0358 e. The van der Waals surface area contributed by atoms with Crippen molar-refractivity contribution in [3.8, 4) is 0 Å². The van der Waals surface area contributed by atoms with E-state index >= 15 is 0 Å². The Labute approximate surface area is 107 Å². The van der Waals surface area contributed by atoms with Gasteiger partial charge in [0.15, 0.2) is 0 Å². The van der Waals surface area contributed by atoms with Crippen LogP contribution >= 0.6 is 0 Å². The van der Waals surface area contributed by atoms with Crippen molar-refractivity contribution < 1.29 is 0 Å². The highest BCUT2D eigenvalue weighted by Crippen LogP contribution is 2.24. The van der Waals surface area contributed by atoms with Gasteiger partial charge in [0.2, 0.25) is 0 Å². The van der Waals surface area contributed by atoms with Gasteiger partial charge in [-0.2, -0.15) is 0 Å². The summed E-state index contributed by atoms with van der Waals surface area (Å²) in [5.41, 5.74) is 4.45. The summed E-state index contributed by atoms with van der Waals surface area (Å²) in [6.07, 6.45) is 11.7. The van der Waals surface area contributed by atoms with Crippen LogP contribution in [0.1, 0.15) is 53.4 Å². The third kappa shape index (κ3) is 4.41. The molecule has 0 amide bonds. The second-order valence-corrected chi connectivity index (χ2v) is 5.01. The molecule has 0 aliphatic carbocycles. The van der Waals surface area contributed by atoms with Gasteiger partial charge in [0, 0.05) is 12.2 Å². The normalized spacial score (nSPS) is 23.9. The van der Waals surface area contributed by atoms with Crippen molar-refractivity contribution in [2.75, 3.05) is 6.54 Å². The minimum atomic E-state index is 0.651. The highest BCUT2D eigenvalue weighted by molar-refractivity contribution is 5.35. The predicted molar refractivity (Wildman–Crippen MR) is 76.9 cm³/mol. The molecule has 1 N–H and O–H groups in total. The van der Waals surface area contributed by atoms with E-state index in [2.05, 4.69) is 51.2 Å². The number of hydrogen-bond acceptors (Lipinski definition) is 1. The lowest BCUT2D eigenvalue weighted by Gasteiger charge is -2.23. The van der Waals surface area contributed by atoms with Gasteiger partial charge in [0.25, 0.3) is 0 Å². The van der Waals surface area contributed by atoms with Crippen LogP contribution in [0.15, 0.2) is 35.1 Å². The summed E-state index contributed by atoms with van der Waals surface area (Å²) >= 11 is 0.